The number of nitrogens with zero attached hydrogens (tertiary/aromatic N) is 1. The van der Waals surface area contributed by atoms with E-state index in [1.165, 1.54) is 161 Å². The molecule has 0 aliphatic heterocycles. The number of hydrogen-bond donors (Lipinski definition) is 0. The molecule has 0 fully saturated rings. The minimum absolute atomic E-state index is 0.806. The van der Waals surface area contributed by atoms with Crippen LogP contribution in [0.1, 0.15) is 169 Å². The first-order chi connectivity index (χ1) is 15.2. The van der Waals surface area contributed by atoms with Crippen molar-refractivity contribution >= 4 is 0 Å². The Morgan fingerprint density at radius 3 is 0.903 bits per heavy atom. The summed E-state index contributed by atoms with van der Waals surface area (Å²) in [7, 11) is 0. The van der Waals surface area contributed by atoms with Crippen LogP contribution in [-0.4, -0.2) is 24.5 Å². The maximum atomic E-state index is 2.77. The van der Waals surface area contributed by atoms with E-state index in [-0.39, 0.29) is 0 Å². The number of rotatable bonds is 26. The lowest BCUT2D eigenvalue weighted by Gasteiger charge is -2.24. The van der Waals surface area contributed by atoms with Crippen molar-refractivity contribution in [3.05, 3.63) is 0 Å². The van der Waals surface area contributed by atoms with Gasteiger partial charge in [0, 0.05) is 6.54 Å². The Hall–Kier alpha value is -0.0400. The summed E-state index contributed by atoms with van der Waals surface area (Å²) in [6.07, 6.45) is 31.9. The van der Waals surface area contributed by atoms with E-state index in [0.717, 1.165) is 5.92 Å². The predicted molar refractivity (Wildman–Crippen MR) is 144 cm³/mol. The summed E-state index contributed by atoms with van der Waals surface area (Å²) in [6.45, 7) is 13.4. The van der Waals surface area contributed by atoms with Crippen molar-refractivity contribution in [1.29, 1.82) is 0 Å². The molecule has 0 aliphatic carbocycles. The predicted octanol–water partition coefficient (Wildman–Crippen LogP) is 10.6. The molecular weight excluding hydrogens is 374 g/mol. The van der Waals surface area contributed by atoms with E-state index in [2.05, 4.69) is 32.6 Å². The van der Waals surface area contributed by atoms with Crippen LogP contribution in [-0.2, 0) is 0 Å². The van der Waals surface area contributed by atoms with Crippen molar-refractivity contribution in [3.8, 4) is 0 Å². The smallest absolute Gasteiger partial charge is 0.000438 e. The van der Waals surface area contributed by atoms with E-state index >= 15 is 0 Å². The third-order valence-corrected chi connectivity index (χ3v) is 6.78. The van der Waals surface area contributed by atoms with Crippen LogP contribution in [0.4, 0.5) is 0 Å². The average Bonchev–Trinajstić information content (AvgIpc) is 2.75. The Morgan fingerprint density at radius 2 is 0.645 bits per heavy atom. The molecule has 0 amide bonds. The Balaban J connectivity index is 3.53. The summed E-state index contributed by atoms with van der Waals surface area (Å²) in [6, 6.07) is 0. The maximum Gasteiger partial charge on any atom is 0.000438 e. The third-order valence-electron chi connectivity index (χ3n) is 6.78. The van der Waals surface area contributed by atoms with Crippen molar-refractivity contribution in [2.24, 2.45) is 5.92 Å². The molecule has 0 heterocycles. The van der Waals surface area contributed by atoms with Crippen LogP contribution >= 0.6 is 0 Å². The molecule has 0 aromatic heterocycles. The lowest BCUT2D eigenvalue weighted by Crippen LogP contribution is -2.30. The van der Waals surface area contributed by atoms with Gasteiger partial charge >= 0.3 is 0 Å². The Kier molecular flexibility index (Phi) is 26.2. The van der Waals surface area contributed by atoms with Gasteiger partial charge in [0.05, 0.1) is 0 Å². The van der Waals surface area contributed by atoms with Gasteiger partial charge in [0.1, 0.15) is 0 Å². The van der Waals surface area contributed by atoms with Crippen LogP contribution in [0.15, 0.2) is 0 Å². The zero-order valence-corrected chi connectivity index (χ0v) is 22.7. The molecule has 0 saturated heterocycles. The highest BCUT2D eigenvalue weighted by Gasteiger charge is 2.07. The Bertz CT molecular complexity index is 286. The van der Waals surface area contributed by atoms with Crippen molar-refractivity contribution in [3.63, 3.8) is 0 Å². The quantitative estimate of drug-likeness (QED) is 0.122. The van der Waals surface area contributed by atoms with Gasteiger partial charge in [-0.05, 0) is 31.8 Å². The van der Waals surface area contributed by atoms with Gasteiger partial charge in [-0.1, -0.05) is 156 Å². The van der Waals surface area contributed by atoms with Crippen LogP contribution in [0, 0.1) is 5.92 Å². The molecule has 0 aromatic rings. The molecule has 0 aromatic carbocycles. The molecule has 0 radical (unpaired) electrons. The molecule has 0 N–H and O–H groups in total. The zero-order valence-electron chi connectivity index (χ0n) is 22.7. The van der Waals surface area contributed by atoms with E-state index in [9.17, 15) is 0 Å². The van der Waals surface area contributed by atoms with Crippen molar-refractivity contribution < 1.29 is 0 Å². The zero-order chi connectivity index (χ0) is 22.8. The summed E-state index contributed by atoms with van der Waals surface area (Å²) in [4.78, 5) is 2.77. The normalized spacial score (nSPS) is 11.8. The topological polar surface area (TPSA) is 3.24 Å². The molecule has 1 nitrogen and oxygen atoms in total. The summed E-state index contributed by atoms with van der Waals surface area (Å²) in [5.41, 5.74) is 0. The Labute approximate surface area is 199 Å². The summed E-state index contributed by atoms with van der Waals surface area (Å²) < 4.78 is 0. The highest BCUT2D eigenvalue weighted by atomic mass is 15.1. The second kappa shape index (κ2) is 26.2. The van der Waals surface area contributed by atoms with Gasteiger partial charge in [0.2, 0.25) is 0 Å². The van der Waals surface area contributed by atoms with Crippen LogP contribution in [0.3, 0.4) is 0 Å². The SMILES string of the molecule is CCCCCCCCCCCCCN(CCCCCCCCCCCCC)CC(C)C. The van der Waals surface area contributed by atoms with E-state index < -0.39 is 0 Å². The molecule has 0 saturated carbocycles. The molecule has 31 heavy (non-hydrogen) atoms. The van der Waals surface area contributed by atoms with Gasteiger partial charge in [-0.3, -0.25) is 0 Å². The standard InChI is InChI=1S/C30H63N/c1-5-7-9-11-13-15-17-19-21-23-25-27-31(29-30(3)4)28-26-24-22-20-18-16-14-12-10-8-6-2/h30H,5-29H2,1-4H3. The minimum atomic E-state index is 0.806. The van der Waals surface area contributed by atoms with Gasteiger partial charge in [0.25, 0.3) is 0 Å². The van der Waals surface area contributed by atoms with E-state index in [0.29, 0.717) is 0 Å². The van der Waals surface area contributed by atoms with Gasteiger partial charge < -0.3 is 4.90 Å². The molecule has 0 bridgehead atoms. The highest BCUT2D eigenvalue weighted by molar-refractivity contribution is 4.62. The van der Waals surface area contributed by atoms with Gasteiger partial charge in [-0.25, -0.2) is 0 Å². The van der Waals surface area contributed by atoms with E-state index in [1.807, 2.05) is 0 Å². The van der Waals surface area contributed by atoms with Crippen LogP contribution in [0.5, 0.6) is 0 Å². The second-order valence-electron chi connectivity index (χ2n) is 10.8. The van der Waals surface area contributed by atoms with Crippen LogP contribution in [0.2, 0.25) is 0 Å². The van der Waals surface area contributed by atoms with E-state index in [1.54, 1.807) is 0 Å². The molecule has 0 unspecified atom stereocenters. The van der Waals surface area contributed by atoms with Crippen molar-refractivity contribution in [2.75, 3.05) is 19.6 Å². The van der Waals surface area contributed by atoms with Gasteiger partial charge in [-0.2, -0.15) is 0 Å². The molecule has 0 aliphatic rings. The largest absolute Gasteiger partial charge is 0.303 e. The first-order valence-electron chi connectivity index (χ1n) is 14.9. The molecular formula is C30H63N. The molecule has 1 heteroatoms. The van der Waals surface area contributed by atoms with Crippen LogP contribution in [0.25, 0.3) is 0 Å². The summed E-state index contributed by atoms with van der Waals surface area (Å²) >= 11 is 0. The summed E-state index contributed by atoms with van der Waals surface area (Å²) in [5, 5.41) is 0. The summed E-state index contributed by atoms with van der Waals surface area (Å²) in [5.74, 6) is 0.806. The lowest BCUT2D eigenvalue weighted by molar-refractivity contribution is 0.233. The lowest BCUT2D eigenvalue weighted by atomic mass is 10.0. The highest BCUT2D eigenvalue weighted by Crippen LogP contribution is 2.14. The molecule has 0 rings (SSSR count). The maximum absolute atomic E-state index is 2.77. The molecule has 0 spiro atoms. The first-order valence-corrected chi connectivity index (χ1v) is 14.9. The monoisotopic (exact) mass is 437 g/mol. The number of hydrogen-bond acceptors (Lipinski definition) is 1. The van der Waals surface area contributed by atoms with E-state index in [4.69, 9.17) is 0 Å². The third kappa shape index (κ3) is 26.1. The molecule has 188 valence electrons. The average molecular weight is 438 g/mol. The van der Waals surface area contributed by atoms with Crippen molar-refractivity contribution in [1.82, 2.24) is 4.90 Å². The van der Waals surface area contributed by atoms with Crippen LogP contribution < -0.4 is 0 Å². The first kappa shape index (κ1) is 31.0. The Morgan fingerprint density at radius 1 is 0.387 bits per heavy atom. The van der Waals surface area contributed by atoms with Gasteiger partial charge in [-0.15, -0.1) is 0 Å². The minimum Gasteiger partial charge on any atom is -0.303 e. The second-order valence-corrected chi connectivity index (χ2v) is 10.8. The molecule has 0 atom stereocenters. The fraction of sp³-hybridized carbons (Fsp3) is 1.00. The number of unbranched alkanes of at least 4 members (excludes halogenated alkanes) is 20. The fourth-order valence-corrected chi connectivity index (χ4v) is 4.81. The fourth-order valence-electron chi connectivity index (χ4n) is 4.81. The van der Waals surface area contributed by atoms with Crippen molar-refractivity contribution in [2.45, 2.75) is 169 Å². The van der Waals surface area contributed by atoms with Gasteiger partial charge in [0.15, 0.2) is 0 Å².